The van der Waals surface area contributed by atoms with Gasteiger partial charge in [-0.05, 0) is 31.1 Å². The summed E-state index contributed by atoms with van der Waals surface area (Å²) in [6.07, 6.45) is 6.18. The van der Waals surface area contributed by atoms with E-state index in [1.165, 1.54) is 25.5 Å². The van der Waals surface area contributed by atoms with Crippen LogP contribution in [0.5, 0.6) is 0 Å². The quantitative estimate of drug-likeness (QED) is 0.460. The van der Waals surface area contributed by atoms with Crippen LogP contribution in [0.2, 0.25) is 0 Å². The summed E-state index contributed by atoms with van der Waals surface area (Å²) in [5.41, 5.74) is 1.60. The van der Waals surface area contributed by atoms with E-state index in [1.807, 2.05) is 0 Å². The Bertz CT molecular complexity index is 226. The Labute approximate surface area is 80.0 Å². The highest BCUT2D eigenvalue weighted by atomic mass is 16.5. The van der Waals surface area contributed by atoms with Gasteiger partial charge in [0.2, 0.25) is 0 Å². The smallest absolute Gasteiger partial charge is 0.330 e. The zero-order valence-electron chi connectivity index (χ0n) is 8.72. The van der Waals surface area contributed by atoms with E-state index in [0.717, 1.165) is 12.8 Å². The van der Waals surface area contributed by atoms with Gasteiger partial charge in [0.1, 0.15) is 0 Å². The summed E-state index contributed by atoms with van der Waals surface area (Å²) >= 11 is 0. The summed E-state index contributed by atoms with van der Waals surface area (Å²) in [6, 6.07) is 0. The molecule has 74 valence electrons. The molecule has 13 heavy (non-hydrogen) atoms. The SMILES string of the molecule is COC(=O)/C=C1/CCCC(C)(C)C1. The summed E-state index contributed by atoms with van der Waals surface area (Å²) in [5.74, 6) is -0.215. The van der Waals surface area contributed by atoms with Crippen molar-refractivity contribution in [2.24, 2.45) is 5.41 Å². The summed E-state index contributed by atoms with van der Waals surface area (Å²) in [6.45, 7) is 4.49. The maximum atomic E-state index is 11.0. The van der Waals surface area contributed by atoms with Crippen LogP contribution in [0.15, 0.2) is 11.6 Å². The van der Waals surface area contributed by atoms with Crippen molar-refractivity contribution in [3.8, 4) is 0 Å². The van der Waals surface area contributed by atoms with Crippen LogP contribution < -0.4 is 0 Å². The first-order chi connectivity index (χ1) is 6.03. The number of hydrogen-bond donors (Lipinski definition) is 0. The van der Waals surface area contributed by atoms with E-state index in [1.54, 1.807) is 6.08 Å². The molecule has 0 aliphatic heterocycles. The highest BCUT2D eigenvalue weighted by molar-refractivity contribution is 5.82. The Morgan fingerprint density at radius 3 is 2.77 bits per heavy atom. The summed E-state index contributed by atoms with van der Waals surface area (Å²) in [4.78, 5) is 11.0. The number of carbonyl (C=O) groups excluding carboxylic acids is 1. The Morgan fingerprint density at radius 1 is 1.54 bits per heavy atom. The second-order valence-corrected chi connectivity index (χ2v) is 4.52. The predicted octanol–water partition coefficient (Wildman–Crippen LogP) is 2.69. The number of rotatable bonds is 1. The lowest BCUT2D eigenvalue weighted by Crippen LogP contribution is -2.17. The molecule has 1 saturated carbocycles. The molecule has 0 atom stereocenters. The molecule has 0 spiro atoms. The van der Waals surface area contributed by atoms with Gasteiger partial charge < -0.3 is 4.74 Å². The van der Waals surface area contributed by atoms with Gasteiger partial charge in [-0.1, -0.05) is 19.4 Å². The van der Waals surface area contributed by atoms with E-state index in [0.29, 0.717) is 5.41 Å². The molecule has 0 heterocycles. The Morgan fingerprint density at radius 2 is 2.23 bits per heavy atom. The molecule has 0 unspecified atom stereocenters. The van der Waals surface area contributed by atoms with E-state index < -0.39 is 0 Å². The molecular weight excluding hydrogens is 164 g/mol. The monoisotopic (exact) mass is 182 g/mol. The van der Waals surface area contributed by atoms with Crippen LogP contribution in [0.4, 0.5) is 0 Å². The van der Waals surface area contributed by atoms with E-state index in [2.05, 4.69) is 18.6 Å². The fourth-order valence-corrected chi connectivity index (χ4v) is 1.93. The summed E-state index contributed by atoms with van der Waals surface area (Å²) in [5, 5.41) is 0. The number of hydrogen-bond acceptors (Lipinski definition) is 2. The fraction of sp³-hybridized carbons (Fsp3) is 0.727. The first-order valence-electron chi connectivity index (χ1n) is 4.81. The van der Waals surface area contributed by atoms with Gasteiger partial charge in [0, 0.05) is 6.08 Å². The topological polar surface area (TPSA) is 26.3 Å². The molecule has 0 radical (unpaired) electrons. The van der Waals surface area contributed by atoms with Gasteiger partial charge >= 0.3 is 5.97 Å². The van der Waals surface area contributed by atoms with Crippen LogP contribution in [0.1, 0.15) is 39.5 Å². The Hall–Kier alpha value is -0.790. The minimum atomic E-state index is -0.215. The van der Waals surface area contributed by atoms with E-state index >= 15 is 0 Å². The highest BCUT2D eigenvalue weighted by Crippen LogP contribution is 2.37. The molecule has 1 aliphatic carbocycles. The zero-order chi connectivity index (χ0) is 9.90. The van der Waals surface area contributed by atoms with Gasteiger partial charge in [0.25, 0.3) is 0 Å². The molecule has 0 aromatic rings. The van der Waals surface area contributed by atoms with Gasteiger partial charge in [-0.2, -0.15) is 0 Å². The average Bonchev–Trinajstić information content (AvgIpc) is 2.02. The van der Waals surface area contributed by atoms with Gasteiger partial charge in [-0.25, -0.2) is 4.79 Å². The first-order valence-corrected chi connectivity index (χ1v) is 4.81. The molecule has 1 fully saturated rings. The van der Waals surface area contributed by atoms with Gasteiger partial charge in [-0.3, -0.25) is 0 Å². The number of allylic oxidation sites excluding steroid dienone is 1. The fourth-order valence-electron chi connectivity index (χ4n) is 1.93. The van der Waals surface area contributed by atoms with E-state index in [-0.39, 0.29) is 5.97 Å². The average molecular weight is 182 g/mol. The van der Waals surface area contributed by atoms with Gasteiger partial charge in [-0.15, -0.1) is 0 Å². The third-order valence-corrected chi connectivity index (χ3v) is 2.58. The van der Waals surface area contributed by atoms with Crippen molar-refractivity contribution in [2.45, 2.75) is 39.5 Å². The van der Waals surface area contributed by atoms with E-state index in [9.17, 15) is 4.79 Å². The van der Waals surface area contributed by atoms with E-state index in [4.69, 9.17) is 0 Å². The van der Waals surface area contributed by atoms with Gasteiger partial charge in [0.15, 0.2) is 0 Å². The number of esters is 1. The van der Waals surface area contributed by atoms with Gasteiger partial charge in [0.05, 0.1) is 7.11 Å². The molecule has 1 rings (SSSR count). The predicted molar refractivity (Wildman–Crippen MR) is 52.3 cm³/mol. The summed E-state index contributed by atoms with van der Waals surface area (Å²) < 4.78 is 4.61. The van der Waals surface area contributed by atoms with Crippen molar-refractivity contribution in [1.82, 2.24) is 0 Å². The molecule has 2 heteroatoms. The second kappa shape index (κ2) is 3.95. The number of methoxy groups -OCH3 is 1. The normalized spacial score (nSPS) is 24.4. The van der Waals surface area contributed by atoms with Crippen LogP contribution in [-0.2, 0) is 9.53 Å². The lowest BCUT2D eigenvalue weighted by molar-refractivity contribution is -0.134. The van der Waals surface area contributed by atoms with Crippen molar-refractivity contribution >= 4 is 5.97 Å². The Balaban J connectivity index is 2.61. The lowest BCUT2D eigenvalue weighted by atomic mass is 9.75. The minimum Gasteiger partial charge on any atom is -0.466 e. The van der Waals surface area contributed by atoms with Crippen molar-refractivity contribution in [3.63, 3.8) is 0 Å². The molecular formula is C11H18O2. The first kappa shape index (κ1) is 10.3. The molecule has 0 aromatic heterocycles. The molecule has 0 N–H and O–H groups in total. The minimum absolute atomic E-state index is 0.215. The molecule has 0 amide bonds. The highest BCUT2D eigenvalue weighted by Gasteiger charge is 2.24. The number of carbonyl (C=O) groups is 1. The molecule has 2 nitrogen and oxygen atoms in total. The standard InChI is InChI=1S/C11H18O2/c1-11(2)6-4-5-9(8-11)7-10(12)13-3/h7H,4-6,8H2,1-3H3/b9-7-. The Kier molecular flexibility index (Phi) is 3.12. The third-order valence-electron chi connectivity index (χ3n) is 2.58. The van der Waals surface area contributed by atoms with Crippen molar-refractivity contribution in [3.05, 3.63) is 11.6 Å². The molecule has 0 saturated heterocycles. The van der Waals surface area contributed by atoms with Crippen molar-refractivity contribution < 1.29 is 9.53 Å². The van der Waals surface area contributed by atoms with Crippen molar-refractivity contribution in [1.29, 1.82) is 0 Å². The van der Waals surface area contributed by atoms with Crippen LogP contribution in [0, 0.1) is 5.41 Å². The zero-order valence-corrected chi connectivity index (χ0v) is 8.72. The summed E-state index contributed by atoms with van der Waals surface area (Å²) in [7, 11) is 1.42. The third kappa shape index (κ3) is 3.21. The van der Waals surface area contributed by atoms with Crippen LogP contribution in [0.3, 0.4) is 0 Å². The van der Waals surface area contributed by atoms with Crippen molar-refractivity contribution in [2.75, 3.05) is 7.11 Å². The maximum Gasteiger partial charge on any atom is 0.330 e. The molecule has 1 aliphatic rings. The number of ether oxygens (including phenoxy) is 1. The van der Waals surface area contributed by atoms with Crippen LogP contribution in [0.25, 0.3) is 0 Å². The molecule has 0 bridgehead atoms. The largest absolute Gasteiger partial charge is 0.466 e. The van der Waals surface area contributed by atoms with Crippen LogP contribution in [-0.4, -0.2) is 13.1 Å². The van der Waals surface area contributed by atoms with Crippen LogP contribution >= 0.6 is 0 Å². The second-order valence-electron chi connectivity index (χ2n) is 4.52. The maximum absolute atomic E-state index is 11.0. The lowest BCUT2D eigenvalue weighted by Gasteiger charge is -2.30. The molecule has 0 aromatic carbocycles.